The van der Waals surface area contributed by atoms with Gasteiger partial charge in [-0.1, -0.05) is 34.7 Å². The van der Waals surface area contributed by atoms with Gasteiger partial charge in [0.05, 0.1) is 11.4 Å². The molecule has 0 radical (unpaired) electrons. The number of carbonyl (C=O) groups is 1. The molecule has 0 atom stereocenters. The number of halogens is 2. The van der Waals surface area contributed by atoms with Crippen LogP contribution in [0.15, 0.2) is 22.5 Å². The molecule has 1 aromatic carbocycles. The highest BCUT2D eigenvalue weighted by Gasteiger charge is 2.10. The zero-order chi connectivity index (χ0) is 14.5. The molecule has 0 aliphatic carbocycles. The third-order valence-corrected chi connectivity index (χ3v) is 4.46. The molecule has 0 fully saturated rings. The van der Waals surface area contributed by atoms with Crippen LogP contribution in [0.25, 0.3) is 0 Å². The summed E-state index contributed by atoms with van der Waals surface area (Å²) >= 11 is 8.22. The summed E-state index contributed by atoms with van der Waals surface area (Å²) in [5.41, 5.74) is 0.105. The summed E-state index contributed by atoms with van der Waals surface area (Å²) in [5.74, 6) is -0.762. The molecule has 0 unspecified atom stereocenters. The van der Waals surface area contributed by atoms with Gasteiger partial charge >= 0.3 is 0 Å². The highest BCUT2D eigenvalue weighted by molar-refractivity contribution is 8.01. The lowest BCUT2D eigenvalue weighted by molar-refractivity contribution is -0.113. The van der Waals surface area contributed by atoms with E-state index in [-0.39, 0.29) is 22.4 Å². The minimum Gasteiger partial charge on any atom is -0.363 e. The molecule has 106 valence electrons. The van der Waals surface area contributed by atoms with Gasteiger partial charge in [0.15, 0.2) is 4.34 Å². The fourth-order valence-corrected chi connectivity index (χ4v) is 2.94. The number of nitrogens with one attached hydrogen (secondary N) is 2. The summed E-state index contributed by atoms with van der Waals surface area (Å²) in [6.45, 7) is 0. The number of hydrogen-bond acceptors (Lipinski definition) is 6. The molecule has 1 amide bonds. The van der Waals surface area contributed by atoms with Crippen molar-refractivity contribution in [3.05, 3.63) is 29.0 Å². The fraction of sp³-hybridized carbons (Fsp3) is 0.182. The second-order valence-electron chi connectivity index (χ2n) is 3.58. The Morgan fingerprint density at radius 3 is 2.95 bits per heavy atom. The molecular weight excluding hydrogens is 323 g/mol. The van der Waals surface area contributed by atoms with Crippen molar-refractivity contribution in [1.29, 1.82) is 0 Å². The second-order valence-corrected chi connectivity index (χ2v) is 6.22. The molecule has 1 heterocycles. The predicted molar refractivity (Wildman–Crippen MR) is 80.2 cm³/mol. The minimum absolute atomic E-state index is 0.105. The van der Waals surface area contributed by atoms with Crippen molar-refractivity contribution in [2.45, 2.75) is 4.34 Å². The first-order chi connectivity index (χ1) is 9.58. The molecule has 2 N–H and O–H groups in total. The third-order valence-electron chi connectivity index (χ3n) is 2.15. The Morgan fingerprint density at radius 1 is 1.50 bits per heavy atom. The number of benzene rings is 1. The fourth-order valence-electron chi connectivity index (χ4n) is 1.27. The molecule has 0 aliphatic heterocycles. The maximum Gasteiger partial charge on any atom is 0.234 e. The van der Waals surface area contributed by atoms with Crippen LogP contribution in [0, 0.1) is 5.82 Å². The van der Waals surface area contributed by atoms with E-state index in [9.17, 15) is 9.18 Å². The van der Waals surface area contributed by atoms with Crippen LogP contribution in [-0.2, 0) is 4.79 Å². The number of nitrogens with zero attached hydrogens (tertiary/aromatic N) is 2. The first-order valence-electron chi connectivity index (χ1n) is 5.47. The number of rotatable bonds is 5. The first kappa shape index (κ1) is 15.0. The minimum atomic E-state index is -0.566. The Bertz CT molecular complexity index is 622. The molecule has 9 heteroatoms. The maximum atomic E-state index is 13.5. The molecule has 0 saturated heterocycles. The Labute approximate surface area is 127 Å². The summed E-state index contributed by atoms with van der Waals surface area (Å²) in [5, 5.41) is 14.0. The van der Waals surface area contributed by atoms with Gasteiger partial charge in [0.1, 0.15) is 5.82 Å². The summed E-state index contributed by atoms with van der Waals surface area (Å²) in [6, 6.07) is 4.08. The highest BCUT2D eigenvalue weighted by Crippen LogP contribution is 2.25. The van der Waals surface area contributed by atoms with Gasteiger partial charge in [-0.05, 0) is 18.2 Å². The molecule has 0 bridgehead atoms. The molecule has 2 aromatic rings. The van der Waals surface area contributed by atoms with Crippen molar-refractivity contribution in [2.24, 2.45) is 0 Å². The van der Waals surface area contributed by atoms with E-state index in [2.05, 4.69) is 20.8 Å². The van der Waals surface area contributed by atoms with Gasteiger partial charge in [-0.15, -0.1) is 10.2 Å². The predicted octanol–water partition coefficient (Wildman–Crippen LogP) is 3.10. The average Bonchev–Trinajstić information content (AvgIpc) is 2.88. The van der Waals surface area contributed by atoms with Gasteiger partial charge in [0.2, 0.25) is 11.0 Å². The second kappa shape index (κ2) is 6.87. The van der Waals surface area contributed by atoms with Crippen LogP contribution in [0.2, 0.25) is 5.02 Å². The number of anilines is 2. The van der Waals surface area contributed by atoms with Gasteiger partial charge in [-0.2, -0.15) is 0 Å². The van der Waals surface area contributed by atoms with Crippen molar-refractivity contribution in [2.75, 3.05) is 23.4 Å². The molecular formula is C11H10ClFN4OS2. The van der Waals surface area contributed by atoms with Crippen LogP contribution in [0.1, 0.15) is 0 Å². The van der Waals surface area contributed by atoms with Gasteiger partial charge in [0, 0.05) is 12.1 Å². The molecule has 0 spiro atoms. The molecule has 0 aliphatic rings. The number of carbonyl (C=O) groups excluding carboxylic acids is 1. The largest absolute Gasteiger partial charge is 0.363 e. The zero-order valence-corrected chi connectivity index (χ0v) is 12.7. The van der Waals surface area contributed by atoms with E-state index in [0.29, 0.717) is 9.47 Å². The first-order valence-corrected chi connectivity index (χ1v) is 7.65. The van der Waals surface area contributed by atoms with E-state index in [1.807, 2.05) is 0 Å². The van der Waals surface area contributed by atoms with Gasteiger partial charge in [-0.3, -0.25) is 4.79 Å². The van der Waals surface area contributed by atoms with Crippen molar-refractivity contribution in [3.63, 3.8) is 0 Å². The van der Waals surface area contributed by atoms with E-state index in [1.54, 1.807) is 7.05 Å². The lowest BCUT2D eigenvalue weighted by Gasteiger charge is -2.05. The number of aromatic nitrogens is 2. The molecule has 0 saturated carbocycles. The number of thioether (sulfide) groups is 1. The quantitative estimate of drug-likeness (QED) is 0.823. The standard InChI is InChI=1S/C11H10ClFN4OS2/c1-14-10-16-17-11(20-10)19-5-9(18)15-8-3-2-6(12)4-7(8)13/h2-4H,5H2,1H3,(H,14,16)(H,15,18). The topological polar surface area (TPSA) is 66.9 Å². The number of amides is 1. The highest BCUT2D eigenvalue weighted by atomic mass is 35.5. The zero-order valence-electron chi connectivity index (χ0n) is 10.3. The lowest BCUT2D eigenvalue weighted by Crippen LogP contribution is -2.14. The summed E-state index contributed by atoms with van der Waals surface area (Å²) in [6.07, 6.45) is 0. The van der Waals surface area contributed by atoms with Crippen LogP contribution in [0.3, 0.4) is 0 Å². The van der Waals surface area contributed by atoms with Crippen LogP contribution in [0.4, 0.5) is 15.2 Å². The third kappa shape index (κ3) is 4.06. The van der Waals surface area contributed by atoms with E-state index < -0.39 is 5.82 Å². The normalized spacial score (nSPS) is 10.3. The molecule has 5 nitrogen and oxygen atoms in total. The van der Waals surface area contributed by atoms with E-state index in [0.717, 1.165) is 6.07 Å². The van der Waals surface area contributed by atoms with E-state index in [1.165, 1.54) is 35.2 Å². The van der Waals surface area contributed by atoms with Crippen molar-refractivity contribution >= 4 is 51.4 Å². The van der Waals surface area contributed by atoms with Gasteiger partial charge in [0.25, 0.3) is 0 Å². The summed E-state index contributed by atoms with van der Waals surface area (Å²) in [7, 11) is 1.74. The Kier molecular flexibility index (Phi) is 5.16. The smallest absolute Gasteiger partial charge is 0.234 e. The molecule has 2 rings (SSSR count). The monoisotopic (exact) mass is 332 g/mol. The summed E-state index contributed by atoms with van der Waals surface area (Å²) in [4.78, 5) is 11.7. The molecule has 20 heavy (non-hydrogen) atoms. The Morgan fingerprint density at radius 2 is 2.30 bits per heavy atom. The van der Waals surface area contributed by atoms with Crippen molar-refractivity contribution in [3.8, 4) is 0 Å². The van der Waals surface area contributed by atoms with Crippen LogP contribution >= 0.6 is 34.7 Å². The van der Waals surface area contributed by atoms with Gasteiger partial charge in [-0.25, -0.2) is 4.39 Å². The van der Waals surface area contributed by atoms with Crippen molar-refractivity contribution < 1.29 is 9.18 Å². The van der Waals surface area contributed by atoms with Crippen molar-refractivity contribution in [1.82, 2.24) is 10.2 Å². The SMILES string of the molecule is CNc1nnc(SCC(=O)Nc2ccc(Cl)cc2F)s1. The van der Waals surface area contributed by atoms with Crippen LogP contribution in [0.5, 0.6) is 0 Å². The van der Waals surface area contributed by atoms with Crippen LogP contribution in [-0.4, -0.2) is 28.9 Å². The van der Waals surface area contributed by atoms with Crippen LogP contribution < -0.4 is 10.6 Å². The van der Waals surface area contributed by atoms with E-state index in [4.69, 9.17) is 11.6 Å². The summed E-state index contributed by atoms with van der Waals surface area (Å²) < 4.78 is 14.2. The van der Waals surface area contributed by atoms with E-state index >= 15 is 0 Å². The molecule has 1 aromatic heterocycles. The maximum absolute atomic E-state index is 13.5. The van der Waals surface area contributed by atoms with Gasteiger partial charge < -0.3 is 10.6 Å². The Hall–Kier alpha value is -1.38. The average molecular weight is 333 g/mol. The Balaban J connectivity index is 1.89. The number of hydrogen-bond donors (Lipinski definition) is 2. The lowest BCUT2D eigenvalue weighted by atomic mass is 10.3.